The SMILES string of the molecule is Cc1ccc(N2CC(C(=O)Nc3ccccc3I)CC2=O)cc1. The second-order valence-electron chi connectivity index (χ2n) is 5.71. The van der Waals surface area contributed by atoms with Crippen molar-refractivity contribution < 1.29 is 9.59 Å². The molecule has 1 unspecified atom stereocenters. The lowest BCUT2D eigenvalue weighted by molar-refractivity contribution is -0.122. The summed E-state index contributed by atoms with van der Waals surface area (Å²) in [6.45, 7) is 2.43. The molecule has 1 atom stereocenters. The quantitative estimate of drug-likeness (QED) is 0.772. The molecule has 0 aromatic heterocycles. The van der Waals surface area contributed by atoms with Crippen LogP contribution in [0, 0.1) is 16.4 Å². The number of aryl methyl sites for hydroxylation is 1. The molecule has 1 aliphatic heterocycles. The molecule has 0 aliphatic carbocycles. The summed E-state index contributed by atoms with van der Waals surface area (Å²) in [5.74, 6) is -0.423. The Bertz CT molecular complexity index is 743. The van der Waals surface area contributed by atoms with E-state index in [1.807, 2.05) is 55.5 Å². The number of nitrogens with zero attached hydrogens (tertiary/aromatic N) is 1. The summed E-state index contributed by atoms with van der Waals surface area (Å²) in [5.41, 5.74) is 2.79. The Kier molecular flexibility index (Phi) is 4.66. The predicted molar refractivity (Wildman–Crippen MR) is 99.4 cm³/mol. The summed E-state index contributed by atoms with van der Waals surface area (Å²) in [6.07, 6.45) is 0.253. The Morgan fingerprint density at radius 1 is 1.17 bits per heavy atom. The molecule has 5 heteroatoms. The van der Waals surface area contributed by atoms with Crippen LogP contribution in [-0.2, 0) is 9.59 Å². The summed E-state index contributed by atoms with van der Waals surface area (Å²) in [6, 6.07) is 15.4. The largest absolute Gasteiger partial charge is 0.325 e. The number of anilines is 2. The Morgan fingerprint density at radius 3 is 2.57 bits per heavy atom. The van der Waals surface area contributed by atoms with Gasteiger partial charge in [-0.15, -0.1) is 0 Å². The predicted octanol–water partition coefficient (Wildman–Crippen LogP) is 3.59. The minimum atomic E-state index is -0.320. The zero-order chi connectivity index (χ0) is 16.4. The summed E-state index contributed by atoms with van der Waals surface area (Å²) in [7, 11) is 0. The van der Waals surface area contributed by atoms with Crippen LogP contribution in [0.5, 0.6) is 0 Å². The first-order chi connectivity index (χ1) is 11.0. The molecule has 2 amide bonds. The number of rotatable bonds is 3. The van der Waals surface area contributed by atoms with Gasteiger partial charge in [0.1, 0.15) is 0 Å². The smallest absolute Gasteiger partial charge is 0.229 e. The third-order valence-electron chi connectivity index (χ3n) is 3.97. The standard InChI is InChI=1S/C18H17IN2O2/c1-12-6-8-14(9-7-12)21-11-13(10-17(21)22)18(23)20-16-5-3-2-4-15(16)19/h2-9,13H,10-11H2,1H3,(H,20,23). The topological polar surface area (TPSA) is 49.4 Å². The van der Waals surface area contributed by atoms with Crippen molar-refractivity contribution in [2.24, 2.45) is 5.92 Å². The zero-order valence-corrected chi connectivity index (χ0v) is 14.9. The Hall–Kier alpha value is -1.89. The van der Waals surface area contributed by atoms with E-state index in [9.17, 15) is 9.59 Å². The third kappa shape index (κ3) is 3.55. The fraction of sp³-hybridized carbons (Fsp3) is 0.222. The molecule has 1 saturated heterocycles. The zero-order valence-electron chi connectivity index (χ0n) is 12.8. The van der Waals surface area contributed by atoms with Crippen LogP contribution >= 0.6 is 22.6 Å². The lowest BCUT2D eigenvalue weighted by Crippen LogP contribution is -2.28. The number of carbonyl (C=O) groups excluding carboxylic acids is 2. The van der Waals surface area contributed by atoms with E-state index in [0.29, 0.717) is 6.54 Å². The average Bonchev–Trinajstić information content (AvgIpc) is 2.92. The molecule has 1 fully saturated rings. The summed E-state index contributed by atoms with van der Waals surface area (Å²) in [5, 5.41) is 2.93. The van der Waals surface area contributed by atoms with Crippen molar-refractivity contribution in [1.82, 2.24) is 0 Å². The minimum Gasteiger partial charge on any atom is -0.325 e. The van der Waals surface area contributed by atoms with Gasteiger partial charge < -0.3 is 10.2 Å². The number of amides is 2. The normalized spacial score (nSPS) is 17.4. The number of benzene rings is 2. The van der Waals surface area contributed by atoms with Gasteiger partial charge in [0.15, 0.2) is 0 Å². The highest BCUT2D eigenvalue weighted by molar-refractivity contribution is 14.1. The van der Waals surface area contributed by atoms with E-state index in [1.165, 1.54) is 0 Å². The fourth-order valence-electron chi connectivity index (χ4n) is 2.65. The van der Waals surface area contributed by atoms with Crippen LogP contribution in [0.4, 0.5) is 11.4 Å². The molecule has 3 rings (SSSR count). The van der Waals surface area contributed by atoms with Crippen LogP contribution in [-0.4, -0.2) is 18.4 Å². The summed E-state index contributed by atoms with van der Waals surface area (Å²) < 4.78 is 0.984. The first-order valence-corrected chi connectivity index (χ1v) is 8.55. The van der Waals surface area contributed by atoms with E-state index in [0.717, 1.165) is 20.5 Å². The molecule has 1 aliphatic rings. The molecule has 4 nitrogen and oxygen atoms in total. The molecule has 0 spiro atoms. The number of halogens is 1. The Morgan fingerprint density at radius 2 is 1.87 bits per heavy atom. The van der Waals surface area contributed by atoms with Crippen LogP contribution < -0.4 is 10.2 Å². The van der Waals surface area contributed by atoms with Crippen LogP contribution in [0.15, 0.2) is 48.5 Å². The molecule has 1 N–H and O–H groups in total. The van der Waals surface area contributed by atoms with Crippen molar-refractivity contribution in [1.29, 1.82) is 0 Å². The van der Waals surface area contributed by atoms with Crippen LogP contribution in [0.25, 0.3) is 0 Å². The van der Waals surface area contributed by atoms with Gasteiger partial charge in [0.05, 0.1) is 11.6 Å². The van der Waals surface area contributed by atoms with E-state index in [1.54, 1.807) is 4.90 Å². The number of para-hydroxylation sites is 1. The summed E-state index contributed by atoms with van der Waals surface area (Å²) in [4.78, 5) is 26.4. The highest BCUT2D eigenvalue weighted by Crippen LogP contribution is 2.27. The number of hydrogen-bond donors (Lipinski definition) is 1. The van der Waals surface area contributed by atoms with Crippen molar-refractivity contribution in [2.75, 3.05) is 16.8 Å². The molecular formula is C18H17IN2O2. The monoisotopic (exact) mass is 420 g/mol. The van der Waals surface area contributed by atoms with Crippen molar-refractivity contribution in [3.8, 4) is 0 Å². The first-order valence-electron chi connectivity index (χ1n) is 7.47. The van der Waals surface area contributed by atoms with Gasteiger partial charge in [0, 0.05) is 22.2 Å². The molecule has 0 bridgehead atoms. The lowest BCUT2D eigenvalue weighted by Gasteiger charge is -2.17. The van der Waals surface area contributed by atoms with Crippen LogP contribution in [0.2, 0.25) is 0 Å². The molecular weight excluding hydrogens is 403 g/mol. The van der Waals surface area contributed by atoms with Gasteiger partial charge in [-0.05, 0) is 53.8 Å². The summed E-state index contributed by atoms with van der Waals surface area (Å²) >= 11 is 2.19. The van der Waals surface area contributed by atoms with E-state index in [-0.39, 0.29) is 24.2 Å². The van der Waals surface area contributed by atoms with Crippen molar-refractivity contribution >= 4 is 45.8 Å². The number of nitrogens with one attached hydrogen (secondary N) is 1. The Balaban J connectivity index is 1.71. The van der Waals surface area contributed by atoms with E-state index in [4.69, 9.17) is 0 Å². The van der Waals surface area contributed by atoms with Gasteiger partial charge >= 0.3 is 0 Å². The maximum absolute atomic E-state index is 12.5. The fourth-order valence-corrected chi connectivity index (χ4v) is 3.18. The average molecular weight is 420 g/mol. The van der Waals surface area contributed by atoms with Crippen molar-refractivity contribution in [3.63, 3.8) is 0 Å². The van der Waals surface area contributed by atoms with E-state index < -0.39 is 0 Å². The molecule has 0 saturated carbocycles. The van der Waals surface area contributed by atoms with Crippen LogP contribution in [0.3, 0.4) is 0 Å². The highest BCUT2D eigenvalue weighted by Gasteiger charge is 2.35. The van der Waals surface area contributed by atoms with Gasteiger partial charge in [-0.25, -0.2) is 0 Å². The van der Waals surface area contributed by atoms with Gasteiger partial charge in [-0.2, -0.15) is 0 Å². The van der Waals surface area contributed by atoms with Gasteiger partial charge in [0.25, 0.3) is 0 Å². The second kappa shape index (κ2) is 6.70. The molecule has 118 valence electrons. The molecule has 2 aromatic carbocycles. The molecule has 0 radical (unpaired) electrons. The van der Waals surface area contributed by atoms with E-state index >= 15 is 0 Å². The van der Waals surface area contributed by atoms with Gasteiger partial charge in [-0.3, -0.25) is 9.59 Å². The van der Waals surface area contributed by atoms with Gasteiger partial charge in [0.2, 0.25) is 11.8 Å². The maximum atomic E-state index is 12.5. The first kappa shape index (κ1) is 16.0. The number of hydrogen-bond acceptors (Lipinski definition) is 2. The van der Waals surface area contributed by atoms with Crippen molar-refractivity contribution in [3.05, 3.63) is 57.7 Å². The van der Waals surface area contributed by atoms with E-state index in [2.05, 4.69) is 27.9 Å². The Labute approximate surface area is 149 Å². The molecule has 23 heavy (non-hydrogen) atoms. The molecule has 2 aromatic rings. The van der Waals surface area contributed by atoms with Crippen molar-refractivity contribution in [2.45, 2.75) is 13.3 Å². The van der Waals surface area contributed by atoms with Crippen LogP contribution in [0.1, 0.15) is 12.0 Å². The molecule has 1 heterocycles. The maximum Gasteiger partial charge on any atom is 0.229 e. The number of carbonyl (C=O) groups is 2. The minimum absolute atomic E-state index is 0.00300. The highest BCUT2D eigenvalue weighted by atomic mass is 127. The third-order valence-corrected chi connectivity index (χ3v) is 4.91. The lowest BCUT2D eigenvalue weighted by atomic mass is 10.1. The second-order valence-corrected chi connectivity index (χ2v) is 6.87. The van der Waals surface area contributed by atoms with Gasteiger partial charge in [-0.1, -0.05) is 29.8 Å².